The lowest BCUT2D eigenvalue weighted by atomic mass is 9.80. The van der Waals surface area contributed by atoms with Crippen molar-refractivity contribution < 1.29 is 5.21 Å². The predicted molar refractivity (Wildman–Crippen MR) is 46.2 cm³/mol. The van der Waals surface area contributed by atoms with Crippen molar-refractivity contribution in [3.63, 3.8) is 0 Å². The highest BCUT2D eigenvalue weighted by molar-refractivity contribution is 5.90. The average Bonchev–Trinajstić information content (AvgIpc) is 2.75. The number of oxime groups is 1. The Bertz CT molecular complexity index is 269. The predicted octanol–water partition coefficient (Wildman–Crippen LogP) is 2.05. The molecule has 3 aliphatic rings. The maximum Gasteiger partial charge on any atom is 0.0610 e. The van der Waals surface area contributed by atoms with Gasteiger partial charge in [0.05, 0.1) is 5.71 Å². The highest BCUT2D eigenvalue weighted by Gasteiger charge is 2.51. The van der Waals surface area contributed by atoms with Gasteiger partial charge >= 0.3 is 0 Å². The summed E-state index contributed by atoms with van der Waals surface area (Å²) in [5.74, 6) is 3.01. The molecule has 0 aromatic carbocycles. The summed E-state index contributed by atoms with van der Waals surface area (Å²) in [4.78, 5) is 0. The molecule has 2 saturated carbocycles. The van der Waals surface area contributed by atoms with E-state index in [1.807, 2.05) is 0 Å². The van der Waals surface area contributed by atoms with Gasteiger partial charge in [0.15, 0.2) is 0 Å². The molecule has 0 saturated heterocycles. The minimum absolute atomic E-state index is 0.587. The van der Waals surface area contributed by atoms with Gasteiger partial charge in [0.1, 0.15) is 0 Å². The highest BCUT2D eigenvalue weighted by Crippen LogP contribution is 2.54. The van der Waals surface area contributed by atoms with Gasteiger partial charge in [-0.3, -0.25) is 0 Å². The van der Waals surface area contributed by atoms with Gasteiger partial charge in [0, 0.05) is 5.92 Å². The molecule has 12 heavy (non-hydrogen) atoms. The SMILES string of the molecule is O/N=C1\C[C@H]2C[C@H]1[C@@H]1C=CC[C@@H]21. The van der Waals surface area contributed by atoms with Crippen LogP contribution < -0.4 is 0 Å². The second kappa shape index (κ2) is 2.12. The van der Waals surface area contributed by atoms with E-state index in [0.29, 0.717) is 5.92 Å². The molecule has 0 aromatic rings. The topological polar surface area (TPSA) is 32.6 Å². The van der Waals surface area contributed by atoms with E-state index >= 15 is 0 Å². The van der Waals surface area contributed by atoms with Crippen molar-refractivity contribution >= 4 is 5.71 Å². The van der Waals surface area contributed by atoms with E-state index in [0.717, 1.165) is 29.9 Å². The van der Waals surface area contributed by atoms with Crippen molar-refractivity contribution in [1.29, 1.82) is 0 Å². The second-order valence-corrected chi connectivity index (χ2v) is 4.30. The molecule has 0 heterocycles. The summed E-state index contributed by atoms with van der Waals surface area (Å²) in [7, 11) is 0. The number of rotatable bonds is 0. The van der Waals surface area contributed by atoms with Gasteiger partial charge < -0.3 is 5.21 Å². The van der Waals surface area contributed by atoms with Crippen LogP contribution >= 0.6 is 0 Å². The molecule has 1 N–H and O–H groups in total. The summed E-state index contributed by atoms with van der Waals surface area (Å²) in [6.45, 7) is 0. The van der Waals surface area contributed by atoms with Crippen LogP contribution in [0.25, 0.3) is 0 Å². The molecule has 2 heteroatoms. The van der Waals surface area contributed by atoms with Crippen LogP contribution in [0.5, 0.6) is 0 Å². The van der Waals surface area contributed by atoms with Crippen molar-refractivity contribution in [3.05, 3.63) is 12.2 Å². The molecule has 64 valence electrons. The molecule has 0 aliphatic heterocycles. The Morgan fingerprint density at radius 3 is 3.25 bits per heavy atom. The summed E-state index contributed by atoms with van der Waals surface area (Å²) >= 11 is 0. The molecule has 0 spiro atoms. The van der Waals surface area contributed by atoms with Crippen LogP contribution in [0, 0.1) is 23.7 Å². The van der Waals surface area contributed by atoms with Gasteiger partial charge in [0.2, 0.25) is 0 Å². The first kappa shape index (κ1) is 6.70. The Labute approximate surface area is 72.0 Å². The first-order valence-corrected chi connectivity index (χ1v) is 4.77. The van der Waals surface area contributed by atoms with Crippen LogP contribution in [-0.2, 0) is 0 Å². The van der Waals surface area contributed by atoms with Crippen molar-refractivity contribution in [2.75, 3.05) is 0 Å². The minimum Gasteiger partial charge on any atom is -0.411 e. The van der Waals surface area contributed by atoms with Gasteiger partial charge in [-0.15, -0.1) is 0 Å². The molecule has 2 bridgehead atoms. The summed E-state index contributed by atoms with van der Waals surface area (Å²) in [5, 5.41) is 12.2. The Balaban J connectivity index is 1.96. The van der Waals surface area contributed by atoms with Crippen molar-refractivity contribution in [3.8, 4) is 0 Å². The fourth-order valence-corrected chi connectivity index (χ4v) is 3.42. The molecule has 3 aliphatic carbocycles. The molecule has 0 unspecified atom stereocenters. The van der Waals surface area contributed by atoms with Crippen LogP contribution in [0.15, 0.2) is 17.3 Å². The smallest absolute Gasteiger partial charge is 0.0610 e. The first-order valence-electron chi connectivity index (χ1n) is 4.77. The van der Waals surface area contributed by atoms with Crippen LogP contribution in [-0.4, -0.2) is 10.9 Å². The van der Waals surface area contributed by atoms with Crippen molar-refractivity contribution in [1.82, 2.24) is 0 Å². The zero-order chi connectivity index (χ0) is 8.13. The summed E-state index contributed by atoms with van der Waals surface area (Å²) in [6.07, 6.45) is 8.24. The molecule has 0 amide bonds. The lowest BCUT2D eigenvalue weighted by Gasteiger charge is -2.24. The van der Waals surface area contributed by atoms with E-state index in [1.54, 1.807) is 0 Å². The van der Waals surface area contributed by atoms with E-state index in [2.05, 4.69) is 17.3 Å². The third-order valence-corrected chi connectivity index (χ3v) is 3.92. The van der Waals surface area contributed by atoms with Gasteiger partial charge in [-0.05, 0) is 37.0 Å². The monoisotopic (exact) mass is 163 g/mol. The molecule has 4 atom stereocenters. The third kappa shape index (κ3) is 0.637. The highest BCUT2D eigenvalue weighted by atomic mass is 16.4. The summed E-state index contributed by atoms with van der Waals surface area (Å²) in [6, 6.07) is 0. The van der Waals surface area contributed by atoms with Crippen LogP contribution in [0.4, 0.5) is 0 Å². The molecular weight excluding hydrogens is 150 g/mol. The van der Waals surface area contributed by atoms with E-state index in [-0.39, 0.29) is 0 Å². The van der Waals surface area contributed by atoms with Crippen LogP contribution in [0.1, 0.15) is 19.3 Å². The van der Waals surface area contributed by atoms with Gasteiger partial charge in [0.25, 0.3) is 0 Å². The Kier molecular flexibility index (Phi) is 1.18. The number of hydrogen-bond donors (Lipinski definition) is 1. The fourth-order valence-electron chi connectivity index (χ4n) is 3.42. The normalized spacial score (nSPS) is 52.2. The minimum atomic E-state index is 0.587. The fraction of sp³-hybridized carbons (Fsp3) is 0.700. The maximum absolute atomic E-state index is 8.77. The molecule has 0 aromatic heterocycles. The number of hydrogen-bond acceptors (Lipinski definition) is 2. The molecule has 3 rings (SSSR count). The first-order chi connectivity index (χ1) is 5.90. The van der Waals surface area contributed by atoms with Gasteiger partial charge in [-0.2, -0.15) is 0 Å². The summed E-state index contributed by atoms with van der Waals surface area (Å²) < 4.78 is 0. The van der Waals surface area contributed by atoms with E-state index in [1.165, 1.54) is 12.8 Å². The zero-order valence-electron chi connectivity index (χ0n) is 6.98. The quantitative estimate of drug-likeness (QED) is 0.331. The largest absolute Gasteiger partial charge is 0.411 e. The van der Waals surface area contributed by atoms with Gasteiger partial charge in [-0.25, -0.2) is 0 Å². The van der Waals surface area contributed by atoms with Gasteiger partial charge in [-0.1, -0.05) is 17.3 Å². The maximum atomic E-state index is 8.77. The molecule has 2 nitrogen and oxygen atoms in total. The third-order valence-electron chi connectivity index (χ3n) is 3.92. The molecular formula is C10H13NO. The number of allylic oxidation sites excluding steroid dienone is 2. The lowest BCUT2D eigenvalue weighted by molar-refractivity contribution is 0.300. The Morgan fingerprint density at radius 2 is 2.42 bits per heavy atom. The number of nitrogens with zero attached hydrogens (tertiary/aromatic N) is 1. The van der Waals surface area contributed by atoms with Crippen molar-refractivity contribution in [2.24, 2.45) is 28.8 Å². The van der Waals surface area contributed by atoms with Crippen molar-refractivity contribution in [2.45, 2.75) is 19.3 Å². The van der Waals surface area contributed by atoms with E-state index in [4.69, 9.17) is 5.21 Å². The van der Waals surface area contributed by atoms with Crippen LogP contribution in [0.2, 0.25) is 0 Å². The molecule has 0 radical (unpaired) electrons. The van der Waals surface area contributed by atoms with Crippen LogP contribution in [0.3, 0.4) is 0 Å². The second-order valence-electron chi connectivity index (χ2n) is 4.30. The lowest BCUT2D eigenvalue weighted by Crippen LogP contribution is -2.24. The average molecular weight is 163 g/mol. The standard InChI is InChI=1S/C10H13NO/c12-11-10-5-6-4-9(10)8-3-1-2-7(6)8/h1,3,6-9,12H,2,4-5H2/b11-10+/t6-,7+,8-,9+/m1/s1. The van der Waals surface area contributed by atoms with E-state index < -0.39 is 0 Å². The zero-order valence-corrected chi connectivity index (χ0v) is 6.98. The van der Waals surface area contributed by atoms with E-state index in [9.17, 15) is 0 Å². The Morgan fingerprint density at radius 1 is 1.50 bits per heavy atom. The number of fused-ring (bicyclic) bond motifs is 5. The summed E-state index contributed by atoms with van der Waals surface area (Å²) in [5.41, 5.74) is 1.06. The Hall–Kier alpha value is -0.790. The molecule has 2 fully saturated rings.